The van der Waals surface area contributed by atoms with Crippen LogP contribution in [0.15, 0.2) is 42.5 Å². The molecule has 0 bridgehead atoms. The van der Waals surface area contributed by atoms with Gasteiger partial charge in [0.25, 0.3) is 0 Å². The number of benzene rings is 1. The summed E-state index contributed by atoms with van der Waals surface area (Å²) in [6.45, 7) is 10.8. The van der Waals surface area contributed by atoms with Gasteiger partial charge >= 0.3 is 0 Å². The smallest absolute Gasteiger partial charge is 0.209 e. The Balaban J connectivity index is 1.27. The first-order valence-corrected chi connectivity index (χ1v) is 18.5. The molecule has 0 fully saturated rings. The summed E-state index contributed by atoms with van der Waals surface area (Å²) in [5.41, 5.74) is -1.31. The monoisotopic (exact) mass is 700 g/mol. The lowest BCUT2D eigenvalue weighted by molar-refractivity contribution is 0.101. The molecule has 0 saturated carbocycles. The van der Waals surface area contributed by atoms with E-state index in [1.165, 1.54) is 27.5 Å². The second-order valence-electron chi connectivity index (χ2n) is 12.4. The highest BCUT2D eigenvalue weighted by Crippen LogP contribution is 2.51. The van der Waals surface area contributed by atoms with Crippen LogP contribution in [0, 0.1) is 23.3 Å². The number of fused-ring (bicyclic) bond motifs is 1. The summed E-state index contributed by atoms with van der Waals surface area (Å²) < 4.78 is 61.5. The van der Waals surface area contributed by atoms with E-state index in [2.05, 4.69) is 46.8 Å². The summed E-state index contributed by atoms with van der Waals surface area (Å²) in [7, 11) is 0. The van der Waals surface area contributed by atoms with Crippen LogP contribution in [-0.2, 0) is 17.3 Å². The van der Waals surface area contributed by atoms with Gasteiger partial charge in [-0.3, -0.25) is 9.59 Å². The number of rotatable bonds is 11. The second-order valence-corrected chi connectivity index (χ2v) is 16.7. The standard InChI is InChI=1S/C36H32F4O2S4/c1-6-15-35(4,7-2)25-14-13-20(45-25)19-9-11-22(43-19)32(41)26-28(37)30(39)27(31(40)29(26)38)33(42)23-12-10-21(44-23)24-16-18-17-36(5,8-3)34(18)46-24/h9-14,16H,6-8,15,17H2,1-5H3. The van der Waals surface area contributed by atoms with Crippen LogP contribution >= 0.6 is 45.3 Å². The average molecular weight is 701 g/mol. The van der Waals surface area contributed by atoms with Crippen LogP contribution in [0.2, 0.25) is 0 Å². The fourth-order valence-corrected chi connectivity index (χ4v) is 10.9. The van der Waals surface area contributed by atoms with Crippen molar-refractivity contribution >= 4 is 56.9 Å². The van der Waals surface area contributed by atoms with Crippen molar-refractivity contribution in [2.45, 2.75) is 77.6 Å². The minimum Gasteiger partial charge on any atom is -0.287 e. The van der Waals surface area contributed by atoms with Crippen molar-refractivity contribution in [3.63, 3.8) is 0 Å². The van der Waals surface area contributed by atoms with Gasteiger partial charge in [-0.2, -0.15) is 0 Å². The fraction of sp³-hybridized carbons (Fsp3) is 0.333. The lowest BCUT2D eigenvalue weighted by Crippen LogP contribution is -2.32. The molecular formula is C36H32F4O2S4. The van der Waals surface area contributed by atoms with Crippen LogP contribution in [0.4, 0.5) is 17.6 Å². The van der Waals surface area contributed by atoms with E-state index in [-0.39, 0.29) is 20.6 Å². The van der Waals surface area contributed by atoms with Gasteiger partial charge in [0.2, 0.25) is 11.6 Å². The zero-order valence-corrected chi connectivity index (χ0v) is 29.3. The molecule has 0 radical (unpaired) electrons. The first kappa shape index (κ1) is 33.0. The Labute approximate surface area is 281 Å². The lowest BCUT2D eigenvalue weighted by atomic mass is 9.69. The molecule has 1 aliphatic carbocycles. The minimum absolute atomic E-state index is 0.0140. The molecule has 6 rings (SSSR count). The number of hydrogen-bond donors (Lipinski definition) is 0. The molecular weight excluding hydrogens is 669 g/mol. The molecule has 0 amide bonds. The molecule has 240 valence electrons. The van der Waals surface area contributed by atoms with E-state index in [1.54, 1.807) is 34.8 Å². The zero-order chi connectivity index (χ0) is 33.1. The Kier molecular flexibility index (Phi) is 8.80. The maximum atomic E-state index is 15.4. The normalized spacial score (nSPS) is 17.1. The van der Waals surface area contributed by atoms with Gasteiger partial charge in [0.15, 0.2) is 23.3 Å². The van der Waals surface area contributed by atoms with E-state index >= 15 is 17.6 Å². The lowest BCUT2D eigenvalue weighted by Gasteiger charge is -2.37. The third kappa shape index (κ3) is 5.35. The first-order chi connectivity index (χ1) is 21.9. The van der Waals surface area contributed by atoms with Gasteiger partial charge in [-0.25, -0.2) is 17.6 Å². The largest absolute Gasteiger partial charge is 0.287 e. The van der Waals surface area contributed by atoms with Gasteiger partial charge in [-0.15, -0.1) is 45.3 Å². The molecule has 1 aromatic carbocycles. The fourth-order valence-electron chi connectivity index (χ4n) is 6.15. The molecule has 4 aromatic heterocycles. The van der Waals surface area contributed by atoms with Crippen LogP contribution in [-0.4, -0.2) is 11.6 Å². The Hall–Kier alpha value is -2.92. The SMILES string of the molecule is CCCC(C)(CC)c1ccc(-c2ccc(C(=O)c3c(F)c(F)c(C(=O)c4ccc(-c5cc6c(s5)C(C)(CC)C6)s4)c(F)c3F)s2)s1. The van der Waals surface area contributed by atoms with Crippen LogP contribution in [0.25, 0.3) is 19.5 Å². The van der Waals surface area contributed by atoms with E-state index in [1.807, 2.05) is 6.07 Å². The van der Waals surface area contributed by atoms with Crippen LogP contribution < -0.4 is 0 Å². The Morgan fingerprint density at radius 1 is 0.739 bits per heavy atom. The van der Waals surface area contributed by atoms with Gasteiger partial charge in [0.1, 0.15) is 11.1 Å². The maximum absolute atomic E-state index is 15.4. The van der Waals surface area contributed by atoms with E-state index in [0.717, 1.165) is 69.4 Å². The van der Waals surface area contributed by atoms with Crippen molar-refractivity contribution in [2.75, 3.05) is 0 Å². The van der Waals surface area contributed by atoms with Crippen LogP contribution in [0.3, 0.4) is 0 Å². The number of carbonyl (C=O) groups excluding carboxylic acids is 2. The van der Waals surface area contributed by atoms with E-state index in [4.69, 9.17) is 0 Å². The average Bonchev–Trinajstić information content (AvgIpc) is 3.85. The highest BCUT2D eigenvalue weighted by molar-refractivity contribution is 7.24. The summed E-state index contributed by atoms with van der Waals surface area (Å²) in [4.78, 5) is 32.1. The molecule has 46 heavy (non-hydrogen) atoms. The molecule has 10 heteroatoms. The summed E-state index contributed by atoms with van der Waals surface area (Å²) in [5.74, 6) is -9.89. The van der Waals surface area contributed by atoms with Crippen LogP contribution in [0.1, 0.15) is 106 Å². The van der Waals surface area contributed by atoms with Crippen molar-refractivity contribution in [3.05, 3.63) is 102 Å². The minimum atomic E-state index is -1.88. The third-order valence-electron chi connectivity index (χ3n) is 9.36. The van der Waals surface area contributed by atoms with Crippen LogP contribution in [0.5, 0.6) is 0 Å². The van der Waals surface area contributed by atoms with E-state index < -0.39 is 46.0 Å². The van der Waals surface area contributed by atoms with Gasteiger partial charge in [-0.05, 0) is 73.7 Å². The van der Waals surface area contributed by atoms with E-state index in [9.17, 15) is 9.59 Å². The quantitative estimate of drug-likeness (QED) is 0.0781. The van der Waals surface area contributed by atoms with Crippen molar-refractivity contribution in [1.29, 1.82) is 0 Å². The summed E-state index contributed by atoms with van der Waals surface area (Å²) >= 11 is 5.22. The first-order valence-electron chi connectivity index (χ1n) is 15.2. The Morgan fingerprint density at radius 2 is 1.24 bits per heavy atom. The molecule has 0 aliphatic heterocycles. The topological polar surface area (TPSA) is 34.1 Å². The summed E-state index contributed by atoms with van der Waals surface area (Å²) in [6, 6.07) is 12.2. The maximum Gasteiger partial charge on any atom is 0.209 e. The van der Waals surface area contributed by atoms with Crippen molar-refractivity contribution < 1.29 is 27.2 Å². The Morgan fingerprint density at radius 3 is 1.74 bits per heavy atom. The number of hydrogen-bond acceptors (Lipinski definition) is 6. The number of carbonyl (C=O) groups is 2. The molecule has 0 spiro atoms. The second kappa shape index (κ2) is 12.3. The molecule has 0 N–H and O–H groups in total. The summed E-state index contributed by atoms with van der Waals surface area (Å²) in [6.07, 6.45) is 4.99. The number of thiophene rings is 4. The van der Waals surface area contributed by atoms with Gasteiger partial charge in [-0.1, -0.05) is 41.0 Å². The van der Waals surface area contributed by atoms with Crippen molar-refractivity contribution in [3.8, 4) is 19.5 Å². The highest BCUT2D eigenvalue weighted by atomic mass is 32.1. The van der Waals surface area contributed by atoms with Gasteiger partial charge in [0.05, 0.1) is 9.75 Å². The number of ketones is 2. The van der Waals surface area contributed by atoms with Crippen molar-refractivity contribution in [2.24, 2.45) is 0 Å². The Bertz CT molecular complexity index is 1970. The predicted octanol–water partition coefficient (Wildman–Crippen LogP) is 12.0. The molecule has 5 aromatic rings. The molecule has 2 nitrogen and oxygen atoms in total. The number of halogens is 4. The molecule has 1 aliphatic rings. The third-order valence-corrected chi connectivity index (χ3v) is 14.8. The molecule has 4 heterocycles. The van der Waals surface area contributed by atoms with E-state index in [0.29, 0.717) is 4.88 Å². The molecule has 0 saturated heterocycles. The van der Waals surface area contributed by atoms with Crippen molar-refractivity contribution in [1.82, 2.24) is 0 Å². The van der Waals surface area contributed by atoms with Gasteiger partial charge in [0, 0.05) is 40.1 Å². The van der Waals surface area contributed by atoms with Gasteiger partial charge < -0.3 is 0 Å². The zero-order valence-electron chi connectivity index (χ0n) is 26.0. The highest BCUT2D eigenvalue weighted by Gasteiger charge is 2.39. The summed E-state index contributed by atoms with van der Waals surface area (Å²) in [5, 5.41) is 0. The molecule has 2 atom stereocenters. The predicted molar refractivity (Wildman–Crippen MR) is 182 cm³/mol. The molecule has 2 unspecified atom stereocenters.